The molecule has 0 aliphatic heterocycles. The van der Waals surface area contributed by atoms with E-state index in [1.54, 1.807) is 25.2 Å². The van der Waals surface area contributed by atoms with E-state index in [2.05, 4.69) is 5.92 Å². The molecule has 0 bridgehead atoms. The highest BCUT2D eigenvalue weighted by molar-refractivity contribution is 6.32. The van der Waals surface area contributed by atoms with Crippen LogP contribution < -0.4 is 4.90 Å². The first-order valence-electron chi connectivity index (χ1n) is 5.47. The van der Waals surface area contributed by atoms with Gasteiger partial charge in [-0.1, -0.05) is 17.5 Å². The topological polar surface area (TPSA) is 29.5 Å². The first-order valence-corrected chi connectivity index (χ1v) is 5.85. The molecule has 1 rings (SSSR count). The Morgan fingerprint density at radius 3 is 2.50 bits per heavy atom. The molecule has 3 nitrogen and oxygen atoms in total. The number of ether oxygens (including phenoxy) is 1. The molecule has 0 aliphatic rings. The zero-order valence-corrected chi connectivity index (χ0v) is 11.7. The Hall–Kier alpha value is -1.66. The number of benzene rings is 1. The van der Waals surface area contributed by atoms with Gasteiger partial charge in [0.05, 0.1) is 5.02 Å². The second-order valence-electron chi connectivity index (χ2n) is 4.85. The summed E-state index contributed by atoms with van der Waals surface area (Å²) in [7, 11) is 1.62. The van der Waals surface area contributed by atoms with Crippen molar-refractivity contribution in [2.45, 2.75) is 26.4 Å². The van der Waals surface area contributed by atoms with E-state index in [9.17, 15) is 4.79 Å². The summed E-state index contributed by atoms with van der Waals surface area (Å²) in [5.74, 6) is 2.46. The quantitative estimate of drug-likeness (QED) is 0.725. The zero-order chi connectivity index (χ0) is 13.9. The minimum Gasteiger partial charge on any atom is -0.443 e. The average Bonchev–Trinajstić information content (AvgIpc) is 2.25. The highest BCUT2D eigenvalue weighted by Crippen LogP contribution is 2.23. The fourth-order valence-corrected chi connectivity index (χ4v) is 1.49. The molecule has 0 aromatic heterocycles. The van der Waals surface area contributed by atoms with E-state index in [0.29, 0.717) is 16.3 Å². The van der Waals surface area contributed by atoms with Crippen LogP contribution in [0, 0.1) is 12.3 Å². The molecular weight excluding hydrogens is 250 g/mol. The van der Waals surface area contributed by atoms with Gasteiger partial charge in [-0.3, -0.25) is 4.90 Å². The van der Waals surface area contributed by atoms with Crippen LogP contribution in [0.15, 0.2) is 18.2 Å². The molecule has 1 aromatic rings. The van der Waals surface area contributed by atoms with E-state index in [4.69, 9.17) is 22.8 Å². The van der Waals surface area contributed by atoms with Crippen LogP contribution in [0.3, 0.4) is 0 Å². The Labute approximate surface area is 113 Å². The number of carbonyl (C=O) groups excluding carboxylic acids is 1. The molecule has 0 heterocycles. The molecule has 0 saturated carbocycles. The number of nitrogens with zero attached hydrogens (tertiary/aromatic N) is 1. The summed E-state index contributed by atoms with van der Waals surface area (Å²) in [6.07, 6.45) is 4.84. The lowest BCUT2D eigenvalue weighted by Crippen LogP contribution is -2.34. The van der Waals surface area contributed by atoms with Gasteiger partial charge in [-0.25, -0.2) is 4.79 Å². The predicted octanol–water partition coefficient (Wildman–Crippen LogP) is 3.69. The van der Waals surface area contributed by atoms with Gasteiger partial charge in [-0.05, 0) is 39.0 Å². The molecule has 0 atom stereocenters. The van der Waals surface area contributed by atoms with Gasteiger partial charge in [-0.2, -0.15) is 0 Å². The smallest absolute Gasteiger partial charge is 0.414 e. The van der Waals surface area contributed by atoms with Crippen molar-refractivity contribution in [1.29, 1.82) is 0 Å². The highest BCUT2D eigenvalue weighted by Gasteiger charge is 2.20. The molecule has 0 spiro atoms. The Morgan fingerprint density at radius 1 is 1.44 bits per heavy atom. The lowest BCUT2D eigenvalue weighted by atomic mass is 10.2. The number of halogens is 1. The number of amides is 1. The second kappa shape index (κ2) is 5.32. The first-order chi connectivity index (χ1) is 8.24. The van der Waals surface area contributed by atoms with Gasteiger partial charge in [0.15, 0.2) is 0 Å². The third-order valence-corrected chi connectivity index (χ3v) is 2.48. The summed E-state index contributed by atoms with van der Waals surface area (Å²) >= 11 is 5.99. The molecule has 0 saturated heterocycles. The summed E-state index contributed by atoms with van der Waals surface area (Å²) in [6.45, 7) is 5.44. The summed E-state index contributed by atoms with van der Waals surface area (Å²) in [4.78, 5) is 13.2. The maximum atomic E-state index is 11.8. The fourth-order valence-electron chi connectivity index (χ4n) is 1.27. The number of carbonyl (C=O) groups is 1. The zero-order valence-electron chi connectivity index (χ0n) is 11.0. The number of rotatable bonds is 1. The summed E-state index contributed by atoms with van der Waals surface area (Å²) in [6, 6.07) is 5.06. The van der Waals surface area contributed by atoms with Gasteiger partial charge >= 0.3 is 6.09 Å². The van der Waals surface area contributed by atoms with Gasteiger partial charge < -0.3 is 4.74 Å². The standard InChI is InChI=1S/C14H16ClNO2/c1-6-10-7-8-11(9-12(10)15)16(5)13(17)18-14(2,3)4/h1,7-9H,2-5H3. The SMILES string of the molecule is C#Cc1ccc(N(C)C(=O)OC(C)(C)C)cc1Cl. The molecule has 1 aromatic carbocycles. The van der Waals surface area contributed by atoms with Crippen molar-refractivity contribution in [3.63, 3.8) is 0 Å². The summed E-state index contributed by atoms with van der Waals surface area (Å²) in [5, 5.41) is 0.436. The molecule has 96 valence electrons. The van der Waals surface area contributed by atoms with E-state index in [-0.39, 0.29) is 0 Å². The van der Waals surface area contributed by atoms with Crippen molar-refractivity contribution in [1.82, 2.24) is 0 Å². The lowest BCUT2D eigenvalue weighted by Gasteiger charge is -2.24. The fraction of sp³-hybridized carbons (Fsp3) is 0.357. The van der Waals surface area contributed by atoms with Crippen molar-refractivity contribution in [2.75, 3.05) is 11.9 Å². The Balaban J connectivity index is 2.91. The van der Waals surface area contributed by atoms with E-state index in [1.165, 1.54) is 4.90 Å². The van der Waals surface area contributed by atoms with Gasteiger partial charge in [-0.15, -0.1) is 6.42 Å². The van der Waals surface area contributed by atoms with Crippen molar-refractivity contribution in [3.05, 3.63) is 28.8 Å². The Kier molecular flexibility index (Phi) is 4.26. The summed E-state index contributed by atoms with van der Waals surface area (Å²) < 4.78 is 5.25. The number of hydrogen-bond donors (Lipinski definition) is 0. The van der Waals surface area contributed by atoms with Crippen molar-refractivity contribution in [3.8, 4) is 12.3 Å². The lowest BCUT2D eigenvalue weighted by molar-refractivity contribution is 0.0589. The average molecular weight is 266 g/mol. The molecule has 18 heavy (non-hydrogen) atoms. The Morgan fingerprint density at radius 2 is 2.06 bits per heavy atom. The molecule has 0 radical (unpaired) electrons. The minimum atomic E-state index is -0.534. The van der Waals surface area contributed by atoms with Crippen LogP contribution in [0.25, 0.3) is 0 Å². The molecular formula is C14H16ClNO2. The van der Waals surface area contributed by atoms with Crippen LogP contribution in [0.2, 0.25) is 5.02 Å². The predicted molar refractivity (Wildman–Crippen MR) is 74.0 cm³/mol. The Bertz CT molecular complexity index is 497. The van der Waals surface area contributed by atoms with Crippen LogP contribution >= 0.6 is 11.6 Å². The second-order valence-corrected chi connectivity index (χ2v) is 5.26. The van der Waals surface area contributed by atoms with Crippen molar-refractivity contribution >= 4 is 23.4 Å². The number of hydrogen-bond acceptors (Lipinski definition) is 2. The molecule has 0 unspecified atom stereocenters. The monoisotopic (exact) mass is 265 g/mol. The molecule has 0 N–H and O–H groups in total. The van der Waals surface area contributed by atoms with Gasteiger partial charge in [0, 0.05) is 18.3 Å². The van der Waals surface area contributed by atoms with E-state index >= 15 is 0 Å². The molecule has 0 fully saturated rings. The number of anilines is 1. The van der Waals surface area contributed by atoms with Crippen LogP contribution in [0.4, 0.5) is 10.5 Å². The van der Waals surface area contributed by atoms with Gasteiger partial charge in [0.2, 0.25) is 0 Å². The number of terminal acetylenes is 1. The van der Waals surface area contributed by atoms with Gasteiger partial charge in [0.25, 0.3) is 0 Å². The summed E-state index contributed by atoms with van der Waals surface area (Å²) in [5.41, 5.74) is 0.694. The largest absolute Gasteiger partial charge is 0.443 e. The van der Waals surface area contributed by atoms with E-state index < -0.39 is 11.7 Å². The van der Waals surface area contributed by atoms with Crippen LogP contribution in [-0.2, 0) is 4.74 Å². The van der Waals surface area contributed by atoms with Crippen LogP contribution in [0.1, 0.15) is 26.3 Å². The van der Waals surface area contributed by atoms with Crippen LogP contribution in [0.5, 0.6) is 0 Å². The van der Waals surface area contributed by atoms with Gasteiger partial charge in [0.1, 0.15) is 5.60 Å². The maximum Gasteiger partial charge on any atom is 0.414 e. The minimum absolute atomic E-state index is 0.436. The molecule has 0 aliphatic carbocycles. The normalized spacial score (nSPS) is 10.7. The van der Waals surface area contributed by atoms with Crippen molar-refractivity contribution < 1.29 is 9.53 Å². The van der Waals surface area contributed by atoms with Crippen molar-refractivity contribution in [2.24, 2.45) is 0 Å². The van der Waals surface area contributed by atoms with Crippen LogP contribution in [-0.4, -0.2) is 18.7 Å². The highest BCUT2D eigenvalue weighted by atomic mass is 35.5. The molecule has 1 amide bonds. The maximum absolute atomic E-state index is 11.8. The third-order valence-electron chi connectivity index (χ3n) is 2.16. The third kappa shape index (κ3) is 3.68. The van der Waals surface area contributed by atoms with E-state index in [1.807, 2.05) is 20.8 Å². The molecule has 4 heteroatoms. The first kappa shape index (κ1) is 14.4. The van der Waals surface area contributed by atoms with E-state index in [0.717, 1.165) is 0 Å².